The van der Waals surface area contributed by atoms with Gasteiger partial charge in [-0.15, -0.1) is 0 Å². The largest absolute Gasteiger partial charge is 0.382 e. The summed E-state index contributed by atoms with van der Waals surface area (Å²) >= 11 is 0. The Morgan fingerprint density at radius 2 is 1.83 bits per heavy atom. The summed E-state index contributed by atoms with van der Waals surface area (Å²) in [6, 6.07) is 0.843. The average molecular weight is 255 g/mol. The molecule has 106 valence electrons. The first-order valence-corrected chi connectivity index (χ1v) is 7.65. The molecule has 0 aromatic rings. The number of hydrogen-bond acceptors (Lipinski definition) is 4. The van der Waals surface area contributed by atoms with E-state index in [0.29, 0.717) is 0 Å². The zero-order chi connectivity index (χ0) is 12.6. The Morgan fingerprint density at radius 3 is 2.50 bits per heavy atom. The summed E-state index contributed by atoms with van der Waals surface area (Å²) in [7, 11) is 0. The van der Waals surface area contributed by atoms with Crippen LogP contribution in [0.4, 0.5) is 0 Å². The van der Waals surface area contributed by atoms with Gasteiger partial charge in [0.15, 0.2) is 0 Å². The van der Waals surface area contributed by atoms with Crippen molar-refractivity contribution in [2.24, 2.45) is 0 Å². The lowest BCUT2D eigenvalue weighted by Gasteiger charge is -2.40. The van der Waals surface area contributed by atoms with Crippen molar-refractivity contribution in [1.29, 1.82) is 0 Å². The Hall–Kier alpha value is -0.160. The second kappa shape index (κ2) is 8.10. The van der Waals surface area contributed by atoms with E-state index in [0.717, 1.165) is 19.3 Å². The van der Waals surface area contributed by atoms with Gasteiger partial charge in [0.1, 0.15) is 0 Å². The fraction of sp³-hybridized carbons (Fsp3) is 1.00. The summed E-state index contributed by atoms with van der Waals surface area (Å²) in [6.45, 7) is 12.5. The lowest BCUT2D eigenvalue weighted by molar-refractivity contribution is 0.0869. The van der Waals surface area contributed by atoms with Crippen LogP contribution in [0.25, 0.3) is 0 Å². The zero-order valence-electron chi connectivity index (χ0n) is 11.9. The van der Waals surface area contributed by atoms with E-state index in [2.05, 4.69) is 22.0 Å². The van der Waals surface area contributed by atoms with Crippen LogP contribution in [-0.4, -0.2) is 74.9 Å². The number of piperazine rings is 1. The van der Waals surface area contributed by atoms with Gasteiger partial charge >= 0.3 is 0 Å². The first kappa shape index (κ1) is 14.3. The van der Waals surface area contributed by atoms with E-state index in [4.69, 9.17) is 4.74 Å². The quantitative estimate of drug-likeness (QED) is 0.710. The number of hydrogen-bond donors (Lipinski definition) is 1. The molecule has 0 amide bonds. The fourth-order valence-electron chi connectivity index (χ4n) is 3.09. The molecule has 0 spiro atoms. The molecule has 4 heteroatoms. The maximum absolute atomic E-state index is 5.40. The summed E-state index contributed by atoms with van der Waals surface area (Å²) in [4.78, 5) is 5.30. The van der Waals surface area contributed by atoms with Gasteiger partial charge < -0.3 is 15.0 Å². The lowest BCUT2D eigenvalue weighted by atomic mass is 10.0. The molecule has 18 heavy (non-hydrogen) atoms. The maximum atomic E-state index is 5.40. The summed E-state index contributed by atoms with van der Waals surface area (Å²) in [5.74, 6) is 0. The van der Waals surface area contributed by atoms with E-state index in [-0.39, 0.29) is 0 Å². The van der Waals surface area contributed by atoms with E-state index < -0.39 is 0 Å². The molecule has 2 aliphatic rings. The second-order valence-corrected chi connectivity index (χ2v) is 5.41. The Balaban J connectivity index is 1.58. The van der Waals surface area contributed by atoms with Crippen molar-refractivity contribution in [3.63, 3.8) is 0 Å². The summed E-state index contributed by atoms with van der Waals surface area (Å²) in [5, 5.41) is 3.44. The molecular formula is C14H29N3O. The minimum Gasteiger partial charge on any atom is -0.382 e. The van der Waals surface area contributed by atoms with Crippen LogP contribution in [-0.2, 0) is 4.74 Å². The van der Waals surface area contributed by atoms with Gasteiger partial charge in [-0.3, -0.25) is 4.90 Å². The minimum absolute atomic E-state index is 0.843. The van der Waals surface area contributed by atoms with Crippen LogP contribution < -0.4 is 5.32 Å². The number of nitrogens with one attached hydrogen (secondary N) is 1. The van der Waals surface area contributed by atoms with Crippen LogP contribution in [0.5, 0.6) is 0 Å². The standard InChI is InChI=1S/C14H29N3O/c1-2-18-13-3-8-16-9-4-14(5-10-16)17-11-6-15-7-12-17/h14-15H,2-13H2,1H3. The number of likely N-dealkylation sites (tertiary alicyclic amines) is 1. The van der Waals surface area contributed by atoms with Crippen LogP contribution >= 0.6 is 0 Å². The first-order chi connectivity index (χ1) is 8.90. The van der Waals surface area contributed by atoms with Crippen molar-refractivity contribution in [2.75, 3.05) is 59.0 Å². The SMILES string of the molecule is CCOCCCN1CCC(N2CCNCC2)CC1. The molecule has 0 aromatic carbocycles. The summed E-state index contributed by atoms with van der Waals surface area (Å²) in [5.41, 5.74) is 0. The second-order valence-electron chi connectivity index (χ2n) is 5.41. The van der Waals surface area contributed by atoms with Gasteiger partial charge in [-0.1, -0.05) is 0 Å². The number of nitrogens with zero attached hydrogens (tertiary/aromatic N) is 2. The molecule has 2 fully saturated rings. The highest BCUT2D eigenvalue weighted by molar-refractivity contribution is 4.82. The molecule has 0 aliphatic carbocycles. The summed E-state index contributed by atoms with van der Waals surface area (Å²) < 4.78 is 5.40. The molecule has 0 saturated carbocycles. The molecule has 2 aliphatic heterocycles. The molecule has 0 atom stereocenters. The third-order valence-corrected chi connectivity index (χ3v) is 4.19. The third-order valence-electron chi connectivity index (χ3n) is 4.19. The normalized spacial score (nSPS) is 24.5. The predicted molar refractivity (Wildman–Crippen MR) is 75.0 cm³/mol. The molecule has 0 unspecified atom stereocenters. The van der Waals surface area contributed by atoms with Gasteiger partial charge in [0.25, 0.3) is 0 Å². The fourth-order valence-corrected chi connectivity index (χ4v) is 3.09. The highest BCUT2D eigenvalue weighted by Crippen LogP contribution is 2.17. The first-order valence-electron chi connectivity index (χ1n) is 7.65. The summed E-state index contributed by atoms with van der Waals surface area (Å²) in [6.07, 6.45) is 3.90. The van der Waals surface area contributed by atoms with Gasteiger partial charge in [-0.25, -0.2) is 0 Å². The topological polar surface area (TPSA) is 27.7 Å². The highest BCUT2D eigenvalue weighted by atomic mass is 16.5. The molecule has 0 bridgehead atoms. The molecule has 2 saturated heterocycles. The number of piperidine rings is 1. The Labute approximate surface area is 112 Å². The Morgan fingerprint density at radius 1 is 1.11 bits per heavy atom. The van der Waals surface area contributed by atoms with Gasteiger partial charge in [-0.05, 0) is 39.3 Å². The monoisotopic (exact) mass is 255 g/mol. The average Bonchev–Trinajstić information content (AvgIpc) is 2.45. The minimum atomic E-state index is 0.843. The van der Waals surface area contributed by atoms with Crippen molar-refractivity contribution >= 4 is 0 Å². The molecular weight excluding hydrogens is 226 g/mol. The number of ether oxygens (including phenoxy) is 1. The molecule has 0 aromatic heterocycles. The molecule has 0 radical (unpaired) electrons. The number of rotatable bonds is 6. The smallest absolute Gasteiger partial charge is 0.0478 e. The lowest BCUT2D eigenvalue weighted by Crippen LogP contribution is -2.52. The maximum Gasteiger partial charge on any atom is 0.0478 e. The van der Waals surface area contributed by atoms with E-state index in [1.807, 2.05) is 0 Å². The van der Waals surface area contributed by atoms with Crippen LogP contribution in [0.2, 0.25) is 0 Å². The highest BCUT2D eigenvalue weighted by Gasteiger charge is 2.24. The van der Waals surface area contributed by atoms with Crippen molar-refractivity contribution in [3.8, 4) is 0 Å². The third kappa shape index (κ3) is 4.50. The van der Waals surface area contributed by atoms with Crippen molar-refractivity contribution < 1.29 is 4.74 Å². The van der Waals surface area contributed by atoms with Gasteiger partial charge in [0.05, 0.1) is 0 Å². The van der Waals surface area contributed by atoms with Crippen molar-refractivity contribution in [3.05, 3.63) is 0 Å². The van der Waals surface area contributed by atoms with Gasteiger partial charge in [0.2, 0.25) is 0 Å². The molecule has 2 rings (SSSR count). The van der Waals surface area contributed by atoms with Crippen molar-refractivity contribution in [2.45, 2.75) is 32.2 Å². The van der Waals surface area contributed by atoms with Crippen molar-refractivity contribution in [1.82, 2.24) is 15.1 Å². The Bertz CT molecular complexity index is 211. The van der Waals surface area contributed by atoms with Gasteiger partial charge in [0, 0.05) is 52.0 Å². The van der Waals surface area contributed by atoms with Gasteiger partial charge in [-0.2, -0.15) is 0 Å². The zero-order valence-corrected chi connectivity index (χ0v) is 11.9. The predicted octanol–water partition coefficient (Wildman–Crippen LogP) is 0.783. The van der Waals surface area contributed by atoms with E-state index >= 15 is 0 Å². The Kier molecular flexibility index (Phi) is 6.41. The van der Waals surface area contributed by atoms with Crippen LogP contribution in [0.3, 0.4) is 0 Å². The van der Waals surface area contributed by atoms with Crippen LogP contribution in [0, 0.1) is 0 Å². The van der Waals surface area contributed by atoms with E-state index in [9.17, 15) is 0 Å². The van der Waals surface area contributed by atoms with Crippen LogP contribution in [0.1, 0.15) is 26.2 Å². The molecule has 1 N–H and O–H groups in total. The molecule has 2 heterocycles. The molecule has 4 nitrogen and oxygen atoms in total. The van der Waals surface area contributed by atoms with E-state index in [1.54, 1.807) is 0 Å². The van der Waals surface area contributed by atoms with Crippen LogP contribution in [0.15, 0.2) is 0 Å². The van der Waals surface area contributed by atoms with E-state index in [1.165, 1.54) is 65.1 Å².